The maximum absolute atomic E-state index is 5.62. The zero-order valence-electron chi connectivity index (χ0n) is 11.0. The molecule has 0 amide bonds. The van der Waals surface area contributed by atoms with E-state index in [0.29, 0.717) is 17.8 Å². The highest BCUT2D eigenvalue weighted by Gasteiger charge is 2.25. The Bertz CT molecular complexity index is 549. The first-order valence-corrected chi connectivity index (χ1v) is 6.57. The summed E-state index contributed by atoms with van der Waals surface area (Å²) in [4.78, 5) is 8.39. The van der Waals surface area contributed by atoms with E-state index in [0.717, 1.165) is 30.8 Å². The molecule has 1 aliphatic rings. The SMILES string of the molecule is CC1OCCC1Cn1cncc1-c1ccc(N)nc1. The fourth-order valence-corrected chi connectivity index (χ4v) is 2.53. The second kappa shape index (κ2) is 5.01. The van der Waals surface area contributed by atoms with Gasteiger partial charge in [-0.05, 0) is 25.5 Å². The molecule has 0 aliphatic carbocycles. The van der Waals surface area contributed by atoms with Gasteiger partial charge in [-0.2, -0.15) is 0 Å². The van der Waals surface area contributed by atoms with Crippen LogP contribution in [0.5, 0.6) is 0 Å². The smallest absolute Gasteiger partial charge is 0.123 e. The lowest BCUT2D eigenvalue weighted by molar-refractivity contribution is 0.102. The number of ether oxygens (including phenoxy) is 1. The zero-order chi connectivity index (χ0) is 13.2. The molecule has 1 saturated heterocycles. The fraction of sp³-hybridized carbons (Fsp3) is 0.429. The molecule has 100 valence electrons. The second-order valence-electron chi connectivity index (χ2n) is 5.03. The van der Waals surface area contributed by atoms with E-state index in [2.05, 4.69) is 21.5 Å². The molecule has 2 aromatic rings. The quantitative estimate of drug-likeness (QED) is 0.913. The molecule has 2 atom stereocenters. The highest BCUT2D eigenvalue weighted by atomic mass is 16.5. The summed E-state index contributed by atoms with van der Waals surface area (Å²) >= 11 is 0. The number of anilines is 1. The lowest BCUT2D eigenvalue weighted by Gasteiger charge is -2.16. The van der Waals surface area contributed by atoms with Crippen LogP contribution in [0.25, 0.3) is 11.3 Å². The molecule has 5 heteroatoms. The van der Waals surface area contributed by atoms with Crippen LogP contribution in [0, 0.1) is 5.92 Å². The van der Waals surface area contributed by atoms with Crippen LogP contribution in [0.1, 0.15) is 13.3 Å². The minimum Gasteiger partial charge on any atom is -0.384 e. The van der Waals surface area contributed by atoms with Crippen molar-refractivity contribution in [1.29, 1.82) is 0 Å². The van der Waals surface area contributed by atoms with Crippen molar-refractivity contribution in [2.24, 2.45) is 5.92 Å². The Labute approximate surface area is 112 Å². The third-order valence-corrected chi connectivity index (χ3v) is 3.76. The number of aromatic nitrogens is 3. The summed E-state index contributed by atoms with van der Waals surface area (Å²) in [5, 5.41) is 0. The Morgan fingerprint density at radius 1 is 1.42 bits per heavy atom. The highest BCUT2D eigenvalue weighted by molar-refractivity contribution is 5.59. The monoisotopic (exact) mass is 258 g/mol. The number of rotatable bonds is 3. The lowest BCUT2D eigenvalue weighted by atomic mass is 10.0. The van der Waals surface area contributed by atoms with Crippen molar-refractivity contribution in [3.8, 4) is 11.3 Å². The van der Waals surface area contributed by atoms with Gasteiger partial charge in [-0.25, -0.2) is 9.97 Å². The van der Waals surface area contributed by atoms with E-state index >= 15 is 0 Å². The van der Waals surface area contributed by atoms with E-state index in [-0.39, 0.29) is 0 Å². The molecule has 5 nitrogen and oxygen atoms in total. The van der Waals surface area contributed by atoms with Crippen molar-refractivity contribution in [3.05, 3.63) is 30.9 Å². The first-order valence-electron chi connectivity index (χ1n) is 6.57. The maximum Gasteiger partial charge on any atom is 0.123 e. The van der Waals surface area contributed by atoms with E-state index < -0.39 is 0 Å². The molecule has 0 spiro atoms. The van der Waals surface area contributed by atoms with E-state index in [1.807, 2.05) is 24.7 Å². The van der Waals surface area contributed by atoms with Gasteiger partial charge in [-0.15, -0.1) is 0 Å². The first kappa shape index (κ1) is 12.2. The summed E-state index contributed by atoms with van der Waals surface area (Å²) in [6.07, 6.45) is 6.96. The van der Waals surface area contributed by atoms with Gasteiger partial charge in [0.1, 0.15) is 5.82 Å². The molecule has 2 unspecified atom stereocenters. The van der Waals surface area contributed by atoms with Crippen LogP contribution in [0.4, 0.5) is 5.82 Å². The molecule has 0 bridgehead atoms. The number of hydrogen-bond donors (Lipinski definition) is 1. The minimum atomic E-state index is 0.319. The summed E-state index contributed by atoms with van der Waals surface area (Å²) in [6.45, 7) is 3.93. The van der Waals surface area contributed by atoms with E-state index in [4.69, 9.17) is 10.5 Å². The molecule has 1 fully saturated rings. The molecule has 3 rings (SSSR count). The largest absolute Gasteiger partial charge is 0.384 e. The Hall–Kier alpha value is -1.88. The number of hydrogen-bond acceptors (Lipinski definition) is 4. The number of nitrogen functional groups attached to an aromatic ring is 1. The number of imidazole rings is 1. The van der Waals surface area contributed by atoms with Gasteiger partial charge in [-0.3, -0.25) is 0 Å². The van der Waals surface area contributed by atoms with Gasteiger partial charge in [-0.1, -0.05) is 0 Å². The van der Waals surface area contributed by atoms with Crippen LogP contribution in [0.2, 0.25) is 0 Å². The normalized spacial score (nSPS) is 22.8. The molecule has 0 radical (unpaired) electrons. The molecule has 3 heterocycles. The Morgan fingerprint density at radius 3 is 3.00 bits per heavy atom. The maximum atomic E-state index is 5.62. The molecule has 2 N–H and O–H groups in total. The van der Waals surface area contributed by atoms with Crippen LogP contribution >= 0.6 is 0 Å². The van der Waals surface area contributed by atoms with Crippen molar-refractivity contribution in [2.45, 2.75) is 26.0 Å². The highest BCUT2D eigenvalue weighted by Crippen LogP contribution is 2.25. The average molecular weight is 258 g/mol. The van der Waals surface area contributed by atoms with Gasteiger partial charge in [0.2, 0.25) is 0 Å². The second-order valence-corrected chi connectivity index (χ2v) is 5.03. The van der Waals surface area contributed by atoms with Crippen molar-refractivity contribution in [3.63, 3.8) is 0 Å². The van der Waals surface area contributed by atoms with Gasteiger partial charge in [0.25, 0.3) is 0 Å². The van der Waals surface area contributed by atoms with E-state index in [9.17, 15) is 0 Å². The van der Waals surface area contributed by atoms with Crippen LogP contribution in [0.15, 0.2) is 30.9 Å². The van der Waals surface area contributed by atoms with Crippen LogP contribution in [0.3, 0.4) is 0 Å². The third kappa shape index (κ3) is 2.46. The zero-order valence-corrected chi connectivity index (χ0v) is 11.0. The average Bonchev–Trinajstić information content (AvgIpc) is 3.01. The van der Waals surface area contributed by atoms with Gasteiger partial charge >= 0.3 is 0 Å². The summed E-state index contributed by atoms with van der Waals surface area (Å²) in [5.41, 5.74) is 7.73. The molecule has 2 aromatic heterocycles. The molecule has 19 heavy (non-hydrogen) atoms. The third-order valence-electron chi connectivity index (χ3n) is 3.76. The molecular formula is C14H18N4O. The van der Waals surface area contributed by atoms with E-state index in [1.54, 1.807) is 6.20 Å². The van der Waals surface area contributed by atoms with Gasteiger partial charge in [0.05, 0.1) is 24.3 Å². The Balaban J connectivity index is 1.84. The summed E-state index contributed by atoms with van der Waals surface area (Å²) in [6, 6.07) is 3.79. The van der Waals surface area contributed by atoms with Crippen molar-refractivity contribution >= 4 is 5.82 Å². The molecule has 1 aliphatic heterocycles. The molecule has 0 saturated carbocycles. The van der Waals surface area contributed by atoms with E-state index in [1.165, 1.54) is 0 Å². The Kier molecular flexibility index (Phi) is 3.21. The van der Waals surface area contributed by atoms with Crippen LogP contribution < -0.4 is 5.73 Å². The summed E-state index contributed by atoms with van der Waals surface area (Å²) in [5.74, 6) is 1.09. The summed E-state index contributed by atoms with van der Waals surface area (Å²) < 4.78 is 7.78. The van der Waals surface area contributed by atoms with Crippen molar-refractivity contribution in [2.75, 3.05) is 12.3 Å². The van der Waals surface area contributed by atoms with Gasteiger partial charge < -0.3 is 15.0 Å². The number of pyridine rings is 1. The minimum absolute atomic E-state index is 0.319. The number of nitrogens with zero attached hydrogens (tertiary/aromatic N) is 3. The van der Waals surface area contributed by atoms with Crippen molar-refractivity contribution < 1.29 is 4.74 Å². The summed E-state index contributed by atoms with van der Waals surface area (Å²) in [7, 11) is 0. The van der Waals surface area contributed by atoms with Crippen LogP contribution in [-0.2, 0) is 11.3 Å². The molecular weight excluding hydrogens is 240 g/mol. The van der Waals surface area contributed by atoms with Crippen LogP contribution in [-0.4, -0.2) is 27.2 Å². The first-order chi connectivity index (χ1) is 9.24. The van der Waals surface area contributed by atoms with Gasteiger partial charge in [0.15, 0.2) is 0 Å². The Morgan fingerprint density at radius 2 is 2.32 bits per heavy atom. The predicted molar refractivity (Wildman–Crippen MR) is 73.4 cm³/mol. The topological polar surface area (TPSA) is 66.0 Å². The lowest BCUT2D eigenvalue weighted by Crippen LogP contribution is -2.18. The number of nitrogens with two attached hydrogens (primary N) is 1. The standard InChI is InChI=1S/C14H18N4O/c1-10-12(4-5-19-10)8-18-9-16-7-13(18)11-2-3-14(15)17-6-11/h2-3,6-7,9-10,12H,4-5,8H2,1H3,(H2,15,17). The van der Waals surface area contributed by atoms with Gasteiger partial charge in [0, 0.05) is 30.8 Å². The predicted octanol–water partition coefficient (Wildman–Crippen LogP) is 1.95. The fourth-order valence-electron chi connectivity index (χ4n) is 2.53. The van der Waals surface area contributed by atoms with Crippen molar-refractivity contribution in [1.82, 2.24) is 14.5 Å². The molecule has 0 aromatic carbocycles.